The van der Waals surface area contributed by atoms with E-state index in [-0.39, 0.29) is 11.6 Å². The fourth-order valence-electron chi connectivity index (χ4n) is 2.22. The van der Waals surface area contributed by atoms with E-state index in [0.717, 1.165) is 16.8 Å². The van der Waals surface area contributed by atoms with E-state index in [2.05, 4.69) is 16.4 Å². The first kappa shape index (κ1) is 13.3. The number of hydrogen-bond donors (Lipinski definition) is 1. The van der Waals surface area contributed by atoms with Crippen LogP contribution in [-0.2, 0) is 0 Å². The summed E-state index contributed by atoms with van der Waals surface area (Å²) in [6.45, 7) is 7.87. The summed E-state index contributed by atoms with van der Waals surface area (Å²) in [6, 6.07) is 6.01. The van der Waals surface area contributed by atoms with Gasteiger partial charge >= 0.3 is 5.97 Å². The highest BCUT2D eigenvalue weighted by Crippen LogP contribution is 2.22. The number of nitrogens with zero attached hydrogens (tertiary/aromatic N) is 3. The number of aryl methyl sites for hydroxylation is 2. The molecule has 5 heteroatoms. The van der Waals surface area contributed by atoms with Crippen molar-refractivity contribution < 1.29 is 9.90 Å². The molecule has 1 aromatic heterocycles. The van der Waals surface area contributed by atoms with E-state index in [1.165, 1.54) is 0 Å². The molecule has 5 nitrogen and oxygen atoms in total. The Morgan fingerprint density at radius 2 is 1.79 bits per heavy atom. The number of aromatic carboxylic acids is 1. The van der Waals surface area contributed by atoms with Crippen LogP contribution in [0.15, 0.2) is 18.2 Å². The first-order chi connectivity index (χ1) is 8.90. The Morgan fingerprint density at radius 3 is 2.26 bits per heavy atom. The van der Waals surface area contributed by atoms with Crippen LogP contribution in [0.4, 0.5) is 0 Å². The molecule has 0 saturated carbocycles. The maximum absolute atomic E-state index is 11.2. The van der Waals surface area contributed by atoms with Crippen LogP contribution in [0.3, 0.4) is 0 Å². The summed E-state index contributed by atoms with van der Waals surface area (Å²) in [4.78, 5) is 11.2. The minimum Gasteiger partial charge on any atom is -0.476 e. The van der Waals surface area contributed by atoms with Gasteiger partial charge in [-0.2, -0.15) is 0 Å². The predicted octanol–water partition coefficient (Wildman–Crippen LogP) is 2.71. The molecule has 100 valence electrons. The van der Waals surface area contributed by atoms with Gasteiger partial charge in [0.15, 0.2) is 5.69 Å². The molecule has 0 atom stereocenters. The van der Waals surface area contributed by atoms with Crippen molar-refractivity contribution in [1.82, 2.24) is 15.0 Å². The highest BCUT2D eigenvalue weighted by molar-refractivity contribution is 5.86. The van der Waals surface area contributed by atoms with Gasteiger partial charge in [0.05, 0.1) is 11.4 Å². The van der Waals surface area contributed by atoms with Crippen molar-refractivity contribution in [2.45, 2.75) is 33.6 Å². The number of carbonyl (C=O) groups is 1. The van der Waals surface area contributed by atoms with Gasteiger partial charge in [0.25, 0.3) is 0 Å². The molecular formula is C14H17N3O2. The van der Waals surface area contributed by atoms with E-state index in [9.17, 15) is 4.79 Å². The smallest absolute Gasteiger partial charge is 0.358 e. The summed E-state index contributed by atoms with van der Waals surface area (Å²) in [6.07, 6.45) is 0. The first-order valence-electron chi connectivity index (χ1n) is 6.17. The van der Waals surface area contributed by atoms with Crippen LogP contribution in [-0.4, -0.2) is 26.1 Å². The molecule has 0 radical (unpaired) electrons. The topological polar surface area (TPSA) is 68.0 Å². The Labute approximate surface area is 111 Å². The molecule has 0 spiro atoms. The van der Waals surface area contributed by atoms with E-state index < -0.39 is 5.97 Å². The summed E-state index contributed by atoms with van der Waals surface area (Å²) in [5.74, 6) is -1.01. The molecule has 1 heterocycles. The van der Waals surface area contributed by atoms with Crippen LogP contribution in [0.25, 0.3) is 5.69 Å². The van der Waals surface area contributed by atoms with Gasteiger partial charge in [0.1, 0.15) is 0 Å². The Morgan fingerprint density at radius 1 is 1.21 bits per heavy atom. The number of benzene rings is 1. The molecule has 0 aliphatic heterocycles. The van der Waals surface area contributed by atoms with E-state index >= 15 is 0 Å². The molecular weight excluding hydrogens is 242 g/mol. The van der Waals surface area contributed by atoms with Gasteiger partial charge in [-0.1, -0.05) is 25.1 Å². The SMILES string of the molecule is Cc1cc(C)cc(-n2nnc(C(=O)O)c2C(C)C)c1. The van der Waals surface area contributed by atoms with Crippen molar-refractivity contribution in [2.75, 3.05) is 0 Å². The molecule has 0 amide bonds. The Kier molecular flexibility index (Phi) is 3.38. The predicted molar refractivity (Wildman–Crippen MR) is 71.9 cm³/mol. The lowest BCUT2D eigenvalue weighted by Gasteiger charge is -2.11. The number of carboxylic acids is 1. The minimum atomic E-state index is -1.04. The van der Waals surface area contributed by atoms with Gasteiger partial charge in [-0.3, -0.25) is 0 Å². The molecule has 0 aliphatic rings. The van der Waals surface area contributed by atoms with E-state index in [4.69, 9.17) is 5.11 Å². The molecule has 0 bridgehead atoms. The molecule has 1 N–H and O–H groups in total. The van der Waals surface area contributed by atoms with Gasteiger partial charge in [-0.15, -0.1) is 5.10 Å². The average molecular weight is 259 g/mol. The molecule has 2 rings (SSSR count). The third-order valence-corrected chi connectivity index (χ3v) is 2.91. The minimum absolute atomic E-state index is 0.0224. The molecule has 0 fully saturated rings. The Balaban J connectivity index is 2.65. The Bertz CT molecular complexity index is 609. The lowest BCUT2D eigenvalue weighted by molar-refractivity contribution is 0.0688. The highest BCUT2D eigenvalue weighted by atomic mass is 16.4. The van der Waals surface area contributed by atoms with Gasteiger partial charge in [-0.05, 0) is 43.0 Å². The standard InChI is InChI=1S/C14H17N3O2/c1-8(2)13-12(14(18)19)15-16-17(13)11-6-9(3)5-10(4)7-11/h5-8H,1-4H3,(H,18,19). The monoisotopic (exact) mass is 259 g/mol. The van der Waals surface area contributed by atoms with Crippen molar-refractivity contribution in [3.05, 3.63) is 40.7 Å². The van der Waals surface area contributed by atoms with Crippen LogP contribution < -0.4 is 0 Å². The largest absolute Gasteiger partial charge is 0.476 e. The van der Waals surface area contributed by atoms with E-state index in [1.807, 2.05) is 39.8 Å². The zero-order chi connectivity index (χ0) is 14.2. The second-order valence-electron chi connectivity index (χ2n) is 5.04. The molecule has 1 aromatic carbocycles. The van der Waals surface area contributed by atoms with Crippen molar-refractivity contribution >= 4 is 5.97 Å². The maximum Gasteiger partial charge on any atom is 0.358 e. The third-order valence-electron chi connectivity index (χ3n) is 2.91. The molecule has 0 saturated heterocycles. The number of aromatic nitrogens is 3. The lowest BCUT2D eigenvalue weighted by Crippen LogP contribution is -2.08. The zero-order valence-corrected chi connectivity index (χ0v) is 11.5. The van der Waals surface area contributed by atoms with E-state index in [1.54, 1.807) is 4.68 Å². The number of rotatable bonds is 3. The second-order valence-corrected chi connectivity index (χ2v) is 5.04. The zero-order valence-electron chi connectivity index (χ0n) is 11.5. The molecule has 2 aromatic rings. The van der Waals surface area contributed by atoms with Crippen molar-refractivity contribution in [3.8, 4) is 5.69 Å². The average Bonchev–Trinajstić information content (AvgIpc) is 2.71. The van der Waals surface area contributed by atoms with Crippen LogP contribution in [0, 0.1) is 13.8 Å². The first-order valence-corrected chi connectivity index (χ1v) is 6.17. The summed E-state index contributed by atoms with van der Waals surface area (Å²) in [5.41, 5.74) is 3.71. The second kappa shape index (κ2) is 4.84. The normalized spacial score (nSPS) is 11.0. The highest BCUT2D eigenvalue weighted by Gasteiger charge is 2.22. The van der Waals surface area contributed by atoms with Gasteiger partial charge in [0, 0.05) is 0 Å². The Hall–Kier alpha value is -2.17. The fraction of sp³-hybridized carbons (Fsp3) is 0.357. The van der Waals surface area contributed by atoms with Crippen molar-refractivity contribution in [2.24, 2.45) is 0 Å². The fourth-order valence-corrected chi connectivity index (χ4v) is 2.22. The lowest BCUT2D eigenvalue weighted by atomic mass is 10.1. The third kappa shape index (κ3) is 2.50. The van der Waals surface area contributed by atoms with Crippen molar-refractivity contribution in [1.29, 1.82) is 0 Å². The van der Waals surface area contributed by atoms with Crippen LogP contribution in [0.2, 0.25) is 0 Å². The van der Waals surface area contributed by atoms with Gasteiger partial charge in [-0.25, -0.2) is 9.48 Å². The summed E-state index contributed by atoms with van der Waals surface area (Å²) >= 11 is 0. The summed E-state index contributed by atoms with van der Waals surface area (Å²) in [5, 5.41) is 17.0. The summed E-state index contributed by atoms with van der Waals surface area (Å²) in [7, 11) is 0. The number of carboxylic acid groups (broad SMARTS) is 1. The molecule has 19 heavy (non-hydrogen) atoms. The van der Waals surface area contributed by atoms with Gasteiger partial charge < -0.3 is 5.11 Å². The van der Waals surface area contributed by atoms with E-state index in [0.29, 0.717) is 5.69 Å². The maximum atomic E-state index is 11.2. The number of hydrogen-bond acceptors (Lipinski definition) is 3. The molecule has 0 unspecified atom stereocenters. The van der Waals surface area contributed by atoms with Gasteiger partial charge in [0.2, 0.25) is 0 Å². The summed E-state index contributed by atoms with van der Waals surface area (Å²) < 4.78 is 1.62. The molecule has 0 aliphatic carbocycles. The van der Waals surface area contributed by atoms with Crippen LogP contribution in [0.1, 0.15) is 47.1 Å². The van der Waals surface area contributed by atoms with Crippen LogP contribution in [0.5, 0.6) is 0 Å². The van der Waals surface area contributed by atoms with Crippen molar-refractivity contribution in [3.63, 3.8) is 0 Å². The van der Waals surface area contributed by atoms with Crippen LogP contribution >= 0.6 is 0 Å². The quantitative estimate of drug-likeness (QED) is 0.920.